The Hall–Kier alpha value is -1.85. The molecule has 146 valence electrons. The Morgan fingerprint density at radius 3 is 2.56 bits per heavy atom. The fourth-order valence-electron chi connectivity index (χ4n) is 3.33. The van der Waals surface area contributed by atoms with Crippen LogP contribution in [0.15, 0.2) is 30.3 Å². The average molecular weight is 378 g/mol. The average Bonchev–Trinajstić information content (AvgIpc) is 2.67. The molecule has 1 aliphatic rings. The Bertz CT molecular complexity index is 783. The molecule has 2 nitrogen and oxygen atoms in total. The van der Waals surface area contributed by atoms with E-state index in [4.69, 9.17) is 9.47 Å². The normalized spacial score (nSPS) is 20.0. The fraction of sp³-hybridized carbons (Fsp3) is 0.455. The van der Waals surface area contributed by atoms with Crippen LogP contribution in [0.2, 0.25) is 0 Å². The van der Waals surface area contributed by atoms with Gasteiger partial charge in [0.1, 0.15) is 5.82 Å². The zero-order valence-electron chi connectivity index (χ0n) is 15.7. The maximum absolute atomic E-state index is 14.7. The molecule has 0 amide bonds. The minimum atomic E-state index is -0.947. The van der Waals surface area contributed by atoms with Crippen molar-refractivity contribution in [1.29, 1.82) is 0 Å². The van der Waals surface area contributed by atoms with Crippen molar-refractivity contribution in [2.75, 3.05) is 13.2 Å². The van der Waals surface area contributed by atoms with Crippen LogP contribution in [-0.2, 0) is 9.47 Å². The predicted molar refractivity (Wildman–Crippen MR) is 99.1 cm³/mol. The topological polar surface area (TPSA) is 18.5 Å². The lowest BCUT2D eigenvalue weighted by molar-refractivity contribution is -0.167. The molecule has 2 unspecified atom stereocenters. The lowest BCUT2D eigenvalue weighted by Gasteiger charge is -2.29. The van der Waals surface area contributed by atoms with Gasteiger partial charge in [0.05, 0.1) is 6.61 Å². The molecule has 0 saturated carbocycles. The number of hydrogen-bond donors (Lipinski definition) is 0. The highest BCUT2D eigenvalue weighted by molar-refractivity contribution is 5.65. The number of hydrogen-bond acceptors (Lipinski definition) is 2. The zero-order valence-corrected chi connectivity index (χ0v) is 15.7. The van der Waals surface area contributed by atoms with E-state index in [2.05, 4.69) is 6.92 Å². The number of benzene rings is 2. The van der Waals surface area contributed by atoms with E-state index in [1.165, 1.54) is 12.1 Å². The third kappa shape index (κ3) is 4.53. The molecule has 0 aromatic heterocycles. The van der Waals surface area contributed by atoms with E-state index in [-0.39, 0.29) is 17.8 Å². The van der Waals surface area contributed by atoms with E-state index in [0.717, 1.165) is 12.8 Å². The molecule has 3 rings (SSSR count). The van der Waals surface area contributed by atoms with Crippen LogP contribution in [-0.4, -0.2) is 19.5 Å². The molecule has 1 aliphatic heterocycles. The van der Waals surface area contributed by atoms with Gasteiger partial charge < -0.3 is 9.47 Å². The summed E-state index contributed by atoms with van der Waals surface area (Å²) in [5.41, 5.74) is 1.15. The number of halogens is 3. The van der Waals surface area contributed by atoms with E-state index in [1.54, 1.807) is 25.1 Å². The molecule has 0 N–H and O–H groups in total. The van der Waals surface area contributed by atoms with Crippen molar-refractivity contribution in [1.82, 2.24) is 0 Å². The molecule has 1 saturated heterocycles. The largest absolute Gasteiger partial charge is 0.353 e. The predicted octanol–water partition coefficient (Wildman–Crippen LogP) is 6.12. The molecule has 2 aromatic carbocycles. The number of aryl methyl sites for hydroxylation is 1. The van der Waals surface area contributed by atoms with Gasteiger partial charge in [-0.15, -0.1) is 0 Å². The molecule has 0 bridgehead atoms. The molecule has 0 spiro atoms. The van der Waals surface area contributed by atoms with Gasteiger partial charge in [-0.3, -0.25) is 0 Å². The van der Waals surface area contributed by atoms with Gasteiger partial charge in [0, 0.05) is 18.1 Å². The number of rotatable bonds is 6. The third-order valence-electron chi connectivity index (χ3n) is 5.07. The Morgan fingerprint density at radius 2 is 1.89 bits per heavy atom. The second-order valence-electron chi connectivity index (χ2n) is 7.06. The van der Waals surface area contributed by atoms with E-state index in [9.17, 15) is 13.2 Å². The lowest BCUT2D eigenvalue weighted by Crippen LogP contribution is -2.28. The van der Waals surface area contributed by atoms with Gasteiger partial charge in [-0.1, -0.05) is 37.6 Å². The van der Waals surface area contributed by atoms with Crippen molar-refractivity contribution >= 4 is 0 Å². The standard InChI is InChI=1S/C22H25F3O2/c1-3-4-11-26-20-10-7-16(13-27-20)18-9-8-17(21(24)22(18)25)15-6-5-14(2)19(23)12-15/h5-6,8-9,12,16,20H,3-4,7,10-11,13H2,1-2H3. The second kappa shape index (κ2) is 8.89. The summed E-state index contributed by atoms with van der Waals surface area (Å²) in [5.74, 6) is -2.48. The molecule has 2 atom stereocenters. The summed E-state index contributed by atoms with van der Waals surface area (Å²) in [6, 6.07) is 7.48. The van der Waals surface area contributed by atoms with Gasteiger partial charge in [-0.25, -0.2) is 13.2 Å². The van der Waals surface area contributed by atoms with Crippen molar-refractivity contribution in [3.05, 3.63) is 58.9 Å². The van der Waals surface area contributed by atoms with Gasteiger partial charge in [0.2, 0.25) is 0 Å². The minimum absolute atomic E-state index is 0.0626. The Balaban J connectivity index is 1.73. The van der Waals surface area contributed by atoms with Gasteiger partial charge in [0.25, 0.3) is 0 Å². The number of ether oxygens (including phenoxy) is 2. The van der Waals surface area contributed by atoms with Crippen molar-refractivity contribution in [2.24, 2.45) is 0 Å². The monoisotopic (exact) mass is 378 g/mol. The summed E-state index contributed by atoms with van der Waals surface area (Å²) in [7, 11) is 0. The van der Waals surface area contributed by atoms with Gasteiger partial charge in [-0.2, -0.15) is 0 Å². The van der Waals surface area contributed by atoms with Crippen LogP contribution in [0.4, 0.5) is 13.2 Å². The Kier molecular flexibility index (Phi) is 6.55. The van der Waals surface area contributed by atoms with Crippen molar-refractivity contribution in [2.45, 2.75) is 51.7 Å². The quantitative estimate of drug-likeness (QED) is 0.564. The molecule has 2 aromatic rings. The molecule has 5 heteroatoms. The van der Waals surface area contributed by atoms with Crippen LogP contribution in [0.3, 0.4) is 0 Å². The summed E-state index contributed by atoms with van der Waals surface area (Å²) >= 11 is 0. The summed E-state index contributed by atoms with van der Waals surface area (Å²) in [4.78, 5) is 0. The number of unbranched alkanes of at least 4 members (excludes halogenated alkanes) is 1. The first kappa shape index (κ1) is 19.9. The van der Waals surface area contributed by atoms with Crippen LogP contribution >= 0.6 is 0 Å². The summed E-state index contributed by atoms with van der Waals surface area (Å²) in [5, 5.41) is 0. The smallest absolute Gasteiger partial charge is 0.166 e. The highest BCUT2D eigenvalue weighted by atomic mass is 19.2. The molecular formula is C22H25F3O2. The second-order valence-corrected chi connectivity index (χ2v) is 7.06. The SMILES string of the molecule is CCCCOC1CCC(c2ccc(-c3ccc(C)c(F)c3)c(F)c2F)CO1. The molecule has 27 heavy (non-hydrogen) atoms. The van der Waals surface area contributed by atoms with Gasteiger partial charge >= 0.3 is 0 Å². The zero-order chi connectivity index (χ0) is 19.4. The molecular weight excluding hydrogens is 353 g/mol. The van der Waals surface area contributed by atoms with E-state index >= 15 is 0 Å². The lowest BCUT2D eigenvalue weighted by atomic mass is 9.90. The van der Waals surface area contributed by atoms with Crippen LogP contribution < -0.4 is 0 Å². The first-order valence-corrected chi connectivity index (χ1v) is 9.48. The van der Waals surface area contributed by atoms with Gasteiger partial charge in [0.15, 0.2) is 17.9 Å². The highest BCUT2D eigenvalue weighted by Gasteiger charge is 2.27. The first-order chi connectivity index (χ1) is 13.0. The van der Waals surface area contributed by atoms with Gasteiger partial charge in [-0.05, 0) is 48.9 Å². The van der Waals surface area contributed by atoms with Crippen molar-refractivity contribution in [3.63, 3.8) is 0 Å². The molecule has 0 aliphatic carbocycles. The summed E-state index contributed by atoms with van der Waals surface area (Å²) < 4.78 is 54.4. The van der Waals surface area contributed by atoms with Crippen molar-refractivity contribution < 1.29 is 22.6 Å². The minimum Gasteiger partial charge on any atom is -0.353 e. The summed E-state index contributed by atoms with van der Waals surface area (Å²) in [6.45, 7) is 4.66. The summed E-state index contributed by atoms with van der Waals surface area (Å²) in [6.07, 6.45) is 3.09. The Morgan fingerprint density at radius 1 is 1.07 bits per heavy atom. The maximum Gasteiger partial charge on any atom is 0.166 e. The van der Waals surface area contributed by atoms with E-state index in [1.807, 2.05) is 0 Å². The van der Waals surface area contributed by atoms with E-state index in [0.29, 0.717) is 42.7 Å². The van der Waals surface area contributed by atoms with Crippen molar-refractivity contribution in [3.8, 4) is 11.1 Å². The fourth-order valence-corrected chi connectivity index (χ4v) is 3.33. The first-order valence-electron chi connectivity index (χ1n) is 9.48. The van der Waals surface area contributed by atoms with Crippen LogP contribution in [0, 0.1) is 24.4 Å². The highest BCUT2D eigenvalue weighted by Crippen LogP contribution is 2.34. The molecule has 1 fully saturated rings. The van der Waals surface area contributed by atoms with Crippen LogP contribution in [0.1, 0.15) is 49.7 Å². The van der Waals surface area contributed by atoms with E-state index < -0.39 is 17.5 Å². The molecule has 1 heterocycles. The maximum atomic E-state index is 14.7. The third-order valence-corrected chi connectivity index (χ3v) is 5.07. The molecule has 0 radical (unpaired) electrons. The van der Waals surface area contributed by atoms with Crippen LogP contribution in [0.5, 0.6) is 0 Å². The Labute approximate surface area is 158 Å². The van der Waals surface area contributed by atoms with Crippen LogP contribution in [0.25, 0.3) is 11.1 Å².